The number of hydrogen-bond donors (Lipinski definition) is 1. The second kappa shape index (κ2) is 6.27. The normalized spacial score (nSPS) is 19.5. The maximum absolute atomic E-state index is 11.2. The van der Waals surface area contributed by atoms with Gasteiger partial charge in [-0.3, -0.25) is 9.69 Å². The van der Waals surface area contributed by atoms with Crippen LogP contribution in [0.2, 0.25) is 0 Å². The maximum Gasteiger partial charge on any atom is 0.323 e. The molecule has 2 rings (SSSR count). The minimum absolute atomic E-state index is 0.0691. The van der Waals surface area contributed by atoms with E-state index in [2.05, 4.69) is 18.7 Å². The SMILES string of the molecule is Cc1ccc(N(CC(=O)O)C2CCN(C(C)C)C2)cc1. The zero-order valence-corrected chi connectivity index (χ0v) is 12.5. The van der Waals surface area contributed by atoms with Crippen LogP contribution in [-0.4, -0.2) is 47.7 Å². The zero-order valence-electron chi connectivity index (χ0n) is 12.5. The highest BCUT2D eigenvalue weighted by Crippen LogP contribution is 2.24. The standard InChI is InChI=1S/C16H24N2O2/c1-12(2)17-9-8-15(10-17)18(11-16(19)20)14-6-4-13(3)5-7-14/h4-7,12,15H,8-11H2,1-3H3,(H,19,20). The molecular formula is C16H24N2O2. The van der Waals surface area contributed by atoms with Crippen LogP contribution in [-0.2, 0) is 4.79 Å². The first-order valence-electron chi connectivity index (χ1n) is 7.26. The number of carbonyl (C=O) groups is 1. The summed E-state index contributed by atoms with van der Waals surface area (Å²) in [6, 6.07) is 8.94. The van der Waals surface area contributed by atoms with Gasteiger partial charge in [0.1, 0.15) is 6.54 Å². The molecule has 0 saturated carbocycles. The number of carboxylic acid groups (broad SMARTS) is 1. The lowest BCUT2D eigenvalue weighted by Gasteiger charge is -2.30. The van der Waals surface area contributed by atoms with Crippen molar-refractivity contribution in [2.24, 2.45) is 0 Å². The monoisotopic (exact) mass is 276 g/mol. The molecule has 1 fully saturated rings. The minimum Gasteiger partial charge on any atom is -0.480 e. The van der Waals surface area contributed by atoms with Crippen LogP contribution in [0.3, 0.4) is 0 Å². The summed E-state index contributed by atoms with van der Waals surface area (Å²) in [5.41, 5.74) is 2.20. The Morgan fingerprint density at radius 3 is 2.55 bits per heavy atom. The van der Waals surface area contributed by atoms with Crippen molar-refractivity contribution in [3.05, 3.63) is 29.8 Å². The number of benzene rings is 1. The van der Waals surface area contributed by atoms with Crippen LogP contribution in [0.15, 0.2) is 24.3 Å². The molecule has 0 aliphatic carbocycles. The van der Waals surface area contributed by atoms with Crippen LogP contribution in [0.25, 0.3) is 0 Å². The van der Waals surface area contributed by atoms with E-state index in [4.69, 9.17) is 0 Å². The Hall–Kier alpha value is -1.55. The van der Waals surface area contributed by atoms with Crippen LogP contribution in [0.4, 0.5) is 5.69 Å². The molecular weight excluding hydrogens is 252 g/mol. The molecule has 1 aliphatic heterocycles. The van der Waals surface area contributed by atoms with E-state index >= 15 is 0 Å². The van der Waals surface area contributed by atoms with Crippen molar-refractivity contribution >= 4 is 11.7 Å². The van der Waals surface area contributed by atoms with Crippen molar-refractivity contribution in [2.75, 3.05) is 24.5 Å². The Kier molecular flexibility index (Phi) is 4.65. The Bertz CT molecular complexity index is 456. The Morgan fingerprint density at radius 2 is 2.05 bits per heavy atom. The average Bonchev–Trinajstić information content (AvgIpc) is 2.86. The van der Waals surface area contributed by atoms with E-state index < -0.39 is 5.97 Å². The summed E-state index contributed by atoms with van der Waals surface area (Å²) in [5, 5.41) is 9.18. The molecule has 1 aromatic carbocycles. The summed E-state index contributed by atoms with van der Waals surface area (Å²) in [7, 11) is 0. The van der Waals surface area contributed by atoms with Gasteiger partial charge in [0.15, 0.2) is 0 Å². The lowest BCUT2D eigenvalue weighted by atomic mass is 10.1. The third kappa shape index (κ3) is 3.51. The Morgan fingerprint density at radius 1 is 1.40 bits per heavy atom. The lowest BCUT2D eigenvalue weighted by Crippen LogP contribution is -2.42. The highest BCUT2D eigenvalue weighted by molar-refractivity contribution is 5.74. The number of hydrogen-bond acceptors (Lipinski definition) is 3. The molecule has 0 bridgehead atoms. The molecule has 1 saturated heterocycles. The van der Waals surface area contributed by atoms with Crippen LogP contribution < -0.4 is 4.90 Å². The molecule has 4 heteroatoms. The number of likely N-dealkylation sites (tertiary alicyclic amines) is 1. The van der Waals surface area contributed by atoms with Gasteiger partial charge in [0, 0.05) is 30.9 Å². The van der Waals surface area contributed by atoms with E-state index in [-0.39, 0.29) is 12.6 Å². The molecule has 110 valence electrons. The molecule has 1 aromatic rings. The van der Waals surface area contributed by atoms with Gasteiger partial charge in [0.2, 0.25) is 0 Å². The van der Waals surface area contributed by atoms with Gasteiger partial charge >= 0.3 is 5.97 Å². The van der Waals surface area contributed by atoms with Crippen molar-refractivity contribution in [1.29, 1.82) is 0 Å². The van der Waals surface area contributed by atoms with E-state index in [1.165, 1.54) is 5.56 Å². The van der Waals surface area contributed by atoms with Crippen molar-refractivity contribution in [2.45, 2.75) is 39.3 Å². The highest BCUT2D eigenvalue weighted by atomic mass is 16.4. The van der Waals surface area contributed by atoms with E-state index in [1.807, 2.05) is 36.1 Å². The summed E-state index contributed by atoms with van der Waals surface area (Å²) in [6.07, 6.45) is 1.03. The predicted octanol–water partition coefficient (Wildman–Crippen LogP) is 2.37. The molecule has 1 atom stereocenters. The maximum atomic E-state index is 11.2. The molecule has 0 amide bonds. The number of nitrogens with zero attached hydrogens (tertiary/aromatic N) is 2. The first-order chi connectivity index (χ1) is 9.47. The molecule has 1 aliphatic rings. The van der Waals surface area contributed by atoms with E-state index in [1.54, 1.807) is 0 Å². The summed E-state index contributed by atoms with van der Waals surface area (Å²) in [5.74, 6) is -0.770. The topological polar surface area (TPSA) is 43.8 Å². The fourth-order valence-corrected chi connectivity index (χ4v) is 2.80. The summed E-state index contributed by atoms with van der Waals surface area (Å²) < 4.78 is 0. The number of anilines is 1. The molecule has 1 unspecified atom stereocenters. The lowest BCUT2D eigenvalue weighted by molar-refractivity contribution is -0.135. The summed E-state index contributed by atoms with van der Waals surface area (Å²) in [6.45, 7) is 8.48. The Balaban J connectivity index is 2.16. The van der Waals surface area contributed by atoms with E-state index in [0.29, 0.717) is 6.04 Å². The van der Waals surface area contributed by atoms with Crippen molar-refractivity contribution in [3.63, 3.8) is 0 Å². The van der Waals surface area contributed by atoms with E-state index in [9.17, 15) is 9.90 Å². The minimum atomic E-state index is -0.770. The summed E-state index contributed by atoms with van der Waals surface area (Å²) in [4.78, 5) is 15.6. The van der Waals surface area contributed by atoms with Crippen LogP contribution in [0.5, 0.6) is 0 Å². The Labute approximate surface area is 121 Å². The third-order valence-electron chi connectivity index (χ3n) is 4.04. The molecule has 1 heterocycles. The molecule has 0 aromatic heterocycles. The van der Waals surface area contributed by atoms with Crippen LogP contribution in [0.1, 0.15) is 25.8 Å². The van der Waals surface area contributed by atoms with Gasteiger partial charge in [-0.15, -0.1) is 0 Å². The first kappa shape index (κ1) is 14.9. The molecule has 0 radical (unpaired) electrons. The van der Waals surface area contributed by atoms with Crippen molar-refractivity contribution in [1.82, 2.24) is 4.90 Å². The highest BCUT2D eigenvalue weighted by Gasteiger charge is 2.30. The molecule has 1 N–H and O–H groups in total. The average molecular weight is 276 g/mol. The van der Waals surface area contributed by atoms with E-state index in [0.717, 1.165) is 25.2 Å². The smallest absolute Gasteiger partial charge is 0.323 e. The second-order valence-corrected chi connectivity index (χ2v) is 5.89. The largest absolute Gasteiger partial charge is 0.480 e. The van der Waals surface area contributed by atoms with Gasteiger partial charge in [-0.25, -0.2) is 0 Å². The fourth-order valence-electron chi connectivity index (χ4n) is 2.80. The summed E-state index contributed by atoms with van der Waals surface area (Å²) >= 11 is 0. The van der Waals surface area contributed by atoms with Gasteiger partial charge in [0.05, 0.1) is 0 Å². The number of carboxylic acids is 1. The van der Waals surface area contributed by atoms with Crippen molar-refractivity contribution < 1.29 is 9.90 Å². The first-order valence-corrected chi connectivity index (χ1v) is 7.26. The number of rotatable bonds is 5. The van der Waals surface area contributed by atoms with Crippen LogP contribution >= 0.6 is 0 Å². The third-order valence-corrected chi connectivity index (χ3v) is 4.04. The van der Waals surface area contributed by atoms with Crippen LogP contribution in [0, 0.1) is 6.92 Å². The zero-order chi connectivity index (χ0) is 14.7. The number of aliphatic carboxylic acids is 1. The quantitative estimate of drug-likeness (QED) is 0.896. The number of aryl methyl sites for hydroxylation is 1. The molecule has 0 spiro atoms. The predicted molar refractivity (Wildman–Crippen MR) is 81.3 cm³/mol. The molecule has 20 heavy (non-hydrogen) atoms. The van der Waals surface area contributed by atoms with Gasteiger partial charge in [-0.1, -0.05) is 17.7 Å². The van der Waals surface area contributed by atoms with Gasteiger partial charge in [-0.05, 0) is 39.3 Å². The fraction of sp³-hybridized carbons (Fsp3) is 0.562. The van der Waals surface area contributed by atoms with Gasteiger partial charge in [-0.2, -0.15) is 0 Å². The second-order valence-electron chi connectivity index (χ2n) is 5.89. The van der Waals surface area contributed by atoms with Gasteiger partial charge < -0.3 is 10.0 Å². The van der Waals surface area contributed by atoms with Gasteiger partial charge in [0.25, 0.3) is 0 Å². The van der Waals surface area contributed by atoms with Crippen molar-refractivity contribution in [3.8, 4) is 0 Å². The molecule has 4 nitrogen and oxygen atoms in total.